The largest absolute Gasteiger partial charge is 0.376 e. The maximum atomic E-state index is 14.0. The lowest BCUT2D eigenvalue weighted by Gasteiger charge is -2.20. The van der Waals surface area contributed by atoms with E-state index < -0.39 is 5.82 Å². The Hall–Kier alpha value is -1.61. The first-order valence-electron chi connectivity index (χ1n) is 6.61. The molecule has 2 aromatic rings. The number of hydrogen-bond donors (Lipinski definition) is 1. The zero-order chi connectivity index (χ0) is 14.1. The lowest BCUT2D eigenvalue weighted by molar-refractivity contribution is 0.611. The van der Waals surface area contributed by atoms with E-state index in [1.165, 1.54) is 18.2 Å². The summed E-state index contributed by atoms with van der Waals surface area (Å²) in [6.45, 7) is 0. The topological polar surface area (TPSA) is 12.0 Å². The van der Waals surface area contributed by atoms with Gasteiger partial charge in [0.1, 0.15) is 5.82 Å². The Morgan fingerprint density at radius 1 is 1.05 bits per heavy atom. The summed E-state index contributed by atoms with van der Waals surface area (Å²) in [5.74, 6) is -0.252. The number of halogens is 3. The summed E-state index contributed by atoms with van der Waals surface area (Å²) in [5.41, 5.74) is 1.35. The predicted octanol–water partition coefficient (Wildman–Crippen LogP) is 5.18. The van der Waals surface area contributed by atoms with Gasteiger partial charge in [0.05, 0.1) is 16.8 Å². The van der Waals surface area contributed by atoms with Crippen LogP contribution in [0.3, 0.4) is 0 Å². The van der Waals surface area contributed by atoms with E-state index in [0.29, 0.717) is 11.6 Å². The Kier molecular flexibility index (Phi) is 3.62. The first-order chi connectivity index (χ1) is 9.65. The van der Waals surface area contributed by atoms with E-state index >= 15 is 0 Å². The summed E-state index contributed by atoms with van der Waals surface area (Å²) in [5, 5.41) is 3.30. The van der Waals surface area contributed by atoms with Crippen LogP contribution in [0.4, 0.5) is 14.5 Å². The lowest BCUT2D eigenvalue weighted by Crippen LogP contribution is -2.14. The Labute approximate surface area is 121 Å². The standard InChI is InChI=1S/C16H14ClF2N/c17-13-2-1-3-14(15(13)19)20-16(10-4-5-10)11-6-8-12(18)9-7-11/h1-3,6-10,16,20H,4-5H2. The van der Waals surface area contributed by atoms with E-state index in [9.17, 15) is 8.78 Å². The van der Waals surface area contributed by atoms with Crippen molar-refractivity contribution >= 4 is 17.3 Å². The van der Waals surface area contributed by atoms with E-state index in [2.05, 4.69) is 5.32 Å². The van der Waals surface area contributed by atoms with Crippen molar-refractivity contribution in [2.24, 2.45) is 5.92 Å². The van der Waals surface area contributed by atoms with Gasteiger partial charge in [-0.05, 0) is 48.6 Å². The summed E-state index contributed by atoms with van der Waals surface area (Å²) in [6.07, 6.45) is 2.19. The molecule has 1 saturated carbocycles. The summed E-state index contributed by atoms with van der Waals surface area (Å²) in [6, 6.07) is 11.2. The van der Waals surface area contributed by atoms with Crippen LogP contribution in [0.25, 0.3) is 0 Å². The zero-order valence-corrected chi connectivity index (χ0v) is 11.5. The van der Waals surface area contributed by atoms with Crippen LogP contribution in [0.15, 0.2) is 42.5 Å². The normalized spacial score (nSPS) is 15.9. The number of anilines is 1. The molecule has 0 spiro atoms. The molecule has 0 bridgehead atoms. The second kappa shape index (κ2) is 5.41. The van der Waals surface area contributed by atoms with Crippen LogP contribution in [-0.2, 0) is 0 Å². The maximum Gasteiger partial charge on any atom is 0.164 e. The Balaban J connectivity index is 1.88. The van der Waals surface area contributed by atoms with Crippen molar-refractivity contribution < 1.29 is 8.78 Å². The van der Waals surface area contributed by atoms with Crippen molar-refractivity contribution in [1.29, 1.82) is 0 Å². The quantitative estimate of drug-likeness (QED) is 0.819. The smallest absolute Gasteiger partial charge is 0.164 e. The minimum atomic E-state index is -0.443. The molecule has 4 heteroatoms. The van der Waals surface area contributed by atoms with Gasteiger partial charge in [0.15, 0.2) is 5.82 Å². The van der Waals surface area contributed by atoms with E-state index in [4.69, 9.17) is 11.6 Å². The molecule has 20 heavy (non-hydrogen) atoms. The average molecular weight is 294 g/mol. The molecule has 104 valence electrons. The summed E-state index contributed by atoms with van der Waals surface area (Å²) in [7, 11) is 0. The van der Waals surface area contributed by atoms with Gasteiger partial charge in [-0.3, -0.25) is 0 Å². The molecule has 0 radical (unpaired) electrons. The van der Waals surface area contributed by atoms with Gasteiger partial charge in [0.25, 0.3) is 0 Å². The van der Waals surface area contributed by atoms with E-state index in [1.54, 1.807) is 24.3 Å². The molecule has 1 nitrogen and oxygen atoms in total. The molecule has 1 atom stereocenters. The second-order valence-corrected chi connectivity index (χ2v) is 5.52. The molecule has 1 aliphatic carbocycles. The fourth-order valence-corrected chi connectivity index (χ4v) is 2.53. The van der Waals surface area contributed by atoms with Gasteiger partial charge in [-0.15, -0.1) is 0 Å². The van der Waals surface area contributed by atoms with Gasteiger partial charge in [-0.25, -0.2) is 8.78 Å². The molecule has 1 fully saturated rings. The fraction of sp³-hybridized carbons (Fsp3) is 0.250. The Morgan fingerprint density at radius 2 is 1.75 bits per heavy atom. The minimum absolute atomic E-state index is 0.0106. The predicted molar refractivity (Wildman–Crippen MR) is 76.9 cm³/mol. The number of benzene rings is 2. The van der Waals surface area contributed by atoms with Gasteiger partial charge in [-0.1, -0.05) is 29.8 Å². The molecule has 0 heterocycles. The van der Waals surface area contributed by atoms with Crippen LogP contribution >= 0.6 is 11.6 Å². The van der Waals surface area contributed by atoms with Crippen LogP contribution in [-0.4, -0.2) is 0 Å². The fourth-order valence-electron chi connectivity index (χ4n) is 2.36. The summed E-state index contributed by atoms with van der Waals surface area (Å²) in [4.78, 5) is 0. The highest BCUT2D eigenvalue weighted by molar-refractivity contribution is 6.31. The van der Waals surface area contributed by atoms with Gasteiger partial charge in [-0.2, -0.15) is 0 Å². The molecule has 0 saturated heterocycles. The average Bonchev–Trinajstić information content (AvgIpc) is 3.26. The van der Waals surface area contributed by atoms with Crippen LogP contribution in [0, 0.1) is 17.6 Å². The van der Waals surface area contributed by atoms with Crippen LogP contribution in [0.5, 0.6) is 0 Å². The summed E-state index contributed by atoms with van der Waals surface area (Å²) >= 11 is 5.79. The third-order valence-electron chi connectivity index (χ3n) is 3.59. The molecular weight excluding hydrogens is 280 g/mol. The highest BCUT2D eigenvalue weighted by atomic mass is 35.5. The molecule has 0 aliphatic heterocycles. The van der Waals surface area contributed by atoms with Gasteiger partial charge < -0.3 is 5.32 Å². The second-order valence-electron chi connectivity index (χ2n) is 5.11. The van der Waals surface area contributed by atoms with Crippen LogP contribution in [0.2, 0.25) is 5.02 Å². The molecular formula is C16H14ClF2N. The maximum absolute atomic E-state index is 14.0. The van der Waals surface area contributed by atoms with Crippen molar-refractivity contribution in [2.75, 3.05) is 5.32 Å². The first kappa shape index (κ1) is 13.4. The minimum Gasteiger partial charge on any atom is -0.376 e. The van der Waals surface area contributed by atoms with Crippen molar-refractivity contribution in [3.8, 4) is 0 Å². The first-order valence-corrected chi connectivity index (χ1v) is 6.99. The Bertz CT molecular complexity index is 608. The summed E-state index contributed by atoms with van der Waals surface area (Å²) < 4.78 is 27.0. The Morgan fingerprint density at radius 3 is 2.40 bits per heavy atom. The number of hydrogen-bond acceptors (Lipinski definition) is 1. The highest BCUT2D eigenvalue weighted by Gasteiger charge is 2.32. The van der Waals surface area contributed by atoms with Crippen molar-refractivity contribution in [2.45, 2.75) is 18.9 Å². The SMILES string of the molecule is Fc1ccc(C(Nc2cccc(Cl)c2F)C2CC2)cc1. The number of nitrogens with one attached hydrogen (secondary N) is 1. The van der Waals surface area contributed by atoms with E-state index in [1.807, 2.05) is 0 Å². The van der Waals surface area contributed by atoms with Crippen LogP contribution in [0.1, 0.15) is 24.4 Å². The van der Waals surface area contributed by atoms with E-state index in [0.717, 1.165) is 18.4 Å². The zero-order valence-electron chi connectivity index (χ0n) is 10.7. The highest BCUT2D eigenvalue weighted by Crippen LogP contribution is 2.43. The third kappa shape index (κ3) is 2.78. The van der Waals surface area contributed by atoms with Crippen molar-refractivity contribution in [3.63, 3.8) is 0 Å². The molecule has 3 rings (SSSR count). The molecule has 1 aliphatic rings. The molecule has 1 N–H and O–H groups in total. The van der Waals surface area contributed by atoms with Crippen molar-refractivity contribution in [1.82, 2.24) is 0 Å². The van der Waals surface area contributed by atoms with Gasteiger partial charge >= 0.3 is 0 Å². The molecule has 0 amide bonds. The lowest BCUT2D eigenvalue weighted by atomic mass is 10.0. The third-order valence-corrected chi connectivity index (χ3v) is 3.88. The van der Waals surface area contributed by atoms with Gasteiger partial charge in [0.2, 0.25) is 0 Å². The molecule has 1 unspecified atom stereocenters. The van der Waals surface area contributed by atoms with Crippen molar-refractivity contribution in [3.05, 3.63) is 64.7 Å². The monoisotopic (exact) mass is 293 g/mol. The van der Waals surface area contributed by atoms with E-state index in [-0.39, 0.29) is 16.9 Å². The molecule has 0 aromatic heterocycles. The number of rotatable bonds is 4. The molecule has 2 aromatic carbocycles. The van der Waals surface area contributed by atoms with Crippen LogP contribution < -0.4 is 5.32 Å². The van der Waals surface area contributed by atoms with Gasteiger partial charge in [0, 0.05) is 0 Å².